The summed E-state index contributed by atoms with van der Waals surface area (Å²) in [5.41, 5.74) is 2.26. The number of nitrogens with one attached hydrogen (secondary N) is 1. The van der Waals surface area contributed by atoms with E-state index in [-0.39, 0.29) is 11.9 Å². The molecule has 2 aliphatic heterocycles. The molecule has 2 fully saturated rings. The molecule has 0 saturated carbocycles. The van der Waals surface area contributed by atoms with Crippen molar-refractivity contribution in [3.05, 3.63) is 89.4 Å². The third-order valence-corrected chi connectivity index (χ3v) is 7.25. The van der Waals surface area contributed by atoms with Gasteiger partial charge in [0.1, 0.15) is 19.0 Å². The molecule has 196 valence electrons. The Bertz CT molecular complexity index is 1070. The van der Waals surface area contributed by atoms with E-state index in [9.17, 15) is 4.79 Å². The Balaban J connectivity index is 1.12. The first-order chi connectivity index (χ1) is 18.2. The zero-order chi connectivity index (χ0) is 25.3. The van der Waals surface area contributed by atoms with Crippen LogP contribution in [-0.4, -0.2) is 56.3 Å². The van der Waals surface area contributed by atoms with Crippen LogP contribution in [-0.2, 0) is 27.1 Å². The summed E-state index contributed by atoms with van der Waals surface area (Å²) in [6, 6.07) is 18.3. The second kappa shape index (κ2) is 12.8. The summed E-state index contributed by atoms with van der Waals surface area (Å²) in [4.78, 5) is 15.5. The zero-order valence-electron chi connectivity index (χ0n) is 21.6. The van der Waals surface area contributed by atoms with Crippen molar-refractivity contribution in [1.29, 1.82) is 0 Å². The summed E-state index contributed by atoms with van der Waals surface area (Å²) >= 11 is 0. The molecule has 1 aliphatic carbocycles. The van der Waals surface area contributed by atoms with Crippen molar-refractivity contribution < 1.29 is 19.0 Å². The summed E-state index contributed by atoms with van der Waals surface area (Å²) in [6.07, 6.45) is 9.86. The van der Waals surface area contributed by atoms with Crippen LogP contribution in [0.3, 0.4) is 0 Å². The smallest absolute Gasteiger partial charge is 0.224 e. The van der Waals surface area contributed by atoms with Crippen LogP contribution in [0.2, 0.25) is 0 Å². The van der Waals surface area contributed by atoms with Gasteiger partial charge < -0.3 is 24.4 Å². The SMILES string of the molecule is O=C(Cc1ccc(OCCc2ccccc2)cc1)NC(CC1C=C2OCCOC2=CC1)CN1CCCC1. The lowest BCUT2D eigenvalue weighted by Crippen LogP contribution is -2.44. The van der Waals surface area contributed by atoms with Crippen LogP contribution in [0.4, 0.5) is 0 Å². The van der Waals surface area contributed by atoms with Gasteiger partial charge in [0.25, 0.3) is 0 Å². The van der Waals surface area contributed by atoms with E-state index in [1.807, 2.05) is 42.5 Å². The van der Waals surface area contributed by atoms with Gasteiger partial charge in [-0.3, -0.25) is 4.79 Å². The Hall–Kier alpha value is -3.25. The number of rotatable bonds is 11. The standard InChI is InChI=1S/C31H38N2O4/c34-31(22-25-8-11-28(12-9-25)35-17-14-24-6-2-1-3-7-24)32-27(23-33-15-4-5-16-33)20-26-10-13-29-30(21-26)37-19-18-36-29/h1-3,6-9,11-13,21,26-27H,4-5,10,14-20,22-23H2,(H,32,34). The number of hydrogen-bond acceptors (Lipinski definition) is 5. The van der Waals surface area contributed by atoms with E-state index in [4.69, 9.17) is 14.2 Å². The van der Waals surface area contributed by atoms with E-state index in [2.05, 4.69) is 34.5 Å². The average Bonchev–Trinajstić information content (AvgIpc) is 3.43. The molecule has 2 aromatic carbocycles. The maximum absolute atomic E-state index is 13.0. The fourth-order valence-corrected chi connectivity index (χ4v) is 5.36. The monoisotopic (exact) mass is 502 g/mol. The highest BCUT2D eigenvalue weighted by Crippen LogP contribution is 2.30. The molecule has 3 aliphatic rings. The Morgan fingerprint density at radius 1 is 0.973 bits per heavy atom. The lowest BCUT2D eigenvalue weighted by atomic mass is 9.91. The van der Waals surface area contributed by atoms with Crippen LogP contribution >= 0.6 is 0 Å². The van der Waals surface area contributed by atoms with Crippen LogP contribution in [0.5, 0.6) is 5.75 Å². The molecule has 1 N–H and O–H groups in total. The maximum atomic E-state index is 13.0. The van der Waals surface area contributed by atoms with Gasteiger partial charge in [-0.15, -0.1) is 0 Å². The number of benzene rings is 2. The molecule has 6 heteroatoms. The van der Waals surface area contributed by atoms with Gasteiger partial charge in [-0.25, -0.2) is 0 Å². The van der Waals surface area contributed by atoms with E-state index in [1.54, 1.807) is 0 Å². The first kappa shape index (κ1) is 25.4. The molecule has 2 unspecified atom stereocenters. The first-order valence-corrected chi connectivity index (χ1v) is 13.7. The molecule has 5 rings (SSSR count). The number of amides is 1. The fraction of sp³-hybridized carbons (Fsp3) is 0.452. The molecule has 0 bridgehead atoms. The number of carbonyl (C=O) groups excluding carboxylic acids is 1. The van der Waals surface area contributed by atoms with Gasteiger partial charge in [-0.2, -0.15) is 0 Å². The first-order valence-electron chi connectivity index (χ1n) is 13.7. The summed E-state index contributed by atoms with van der Waals surface area (Å²) in [6.45, 7) is 4.97. The van der Waals surface area contributed by atoms with Gasteiger partial charge in [0, 0.05) is 19.0 Å². The molecule has 2 atom stereocenters. The van der Waals surface area contributed by atoms with Gasteiger partial charge in [-0.1, -0.05) is 42.5 Å². The molecule has 0 aromatic heterocycles. The van der Waals surface area contributed by atoms with Crippen molar-refractivity contribution in [1.82, 2.24) is 10.2 Å². The topological polar surface area (TPSA) is 60.0 Å². The van der Waals surface area contributed by atoms with Crippen molar-refractivity contribution in [2.75, 3.05) is 39.5 Å². The predicted molar refractivity (Wildman–Crippen MR) is 144 cm³/mol. The number of ether oxygens (including phenoxy) is 3. The number of carbonyl (C=O) groups is 1. The van der Waals surface area contributed by atoms with E-state index in [0.717, 1.165) is 61.7 Å². The van der Waals surface area contributed by atoms with E-state index in [0.29, 0.717) is 32.2 Å². The normalized spacial score (nSPS) is 20.1. The third-order valence-electron chi connectivity index (χ3n) is 7.25. The van der Waals surface area contributed by atoms with Crippen LogP contribution in [0.25, 0.3) is 0 Å². The molecule has 6 nitrogen and oxygen atoms in total. The lowest BCUT2D eigenvalue weighted by molar-refractivity contribution is -0.121. The molecule has 37 heavy (non-hydrogen) atoms. The van der Waals surface area contributed by atoms with E-state index in [1.165, 1.54) is 18.4 Å². The molecule has 2 heterocycles. The minimum Gasteiger partial charge on any atom is -0.493 e. The number of fused-ring (bicyclic) bond motifs is 1. The maximum Gasteiger partial charge on any atom is 0.224 e. The fourth-order valence-electron chi connectivity index (χ4n) is 5.36. The van der Waals surface area contributed by atoms with Gasteiger partial charge in [0.2, 0.25) is 5.91 Å². The van der Waals surface area contributed by atoms with Crippen molar-refractivity contribution in [2.24, 2.45) is 5.92 Å². The molecule has 2 aromatic rings. The van der Waals surface area contributed by atoms with E-state index >= 15 is 0 Å². The summed E-state index contributed by atoms with van der Waals surface area (Å²) < 4.78 is 17.4. The second-order valence-corrected chi connectivity index (χ2v) is 10.2. The predicted octanol–water partition coefficient (Wildman–Crippen LogP) is 4.66. The molecular formula is C31H38N2O4. The third kappa shape index (κ3) is 7.62. The van der Waals surface area contributed by atoms with Crippen molar-refractivity contribution in [3.8, 4) is 5.75 Å². The molecular weight excluding hydrogens is 464 g/mol. The molecule has 0 spiro atoms. The minimum atomic E-state index is 0.0684. The highest BCUT2D eigenvalue weighted by atomic mass is 16.6. The molecule has 1 amide bonds. The Labute approximate surface area is 220 Å². The van der Waals surface area contributed by atoms with Gasteiger partial charge in [0.05, 0.1) is 13.0 Å². The van der Waals surface area contributed by atoms with Gasteiger partial charge in [0.15, 0.2) is 11.5 Å². The summed E-state index contributed by atoms with van der Waals surface area (Å²) in [5, 5.41) is 3.34. The zero-order valence-corrected chi connectivity index (χ0v) is 21.6. The van der Waals surface area contributed by atoms with Crippen molar-refractivity contribution in [3.63, 3.8) is 0 Å². The number of likely N-dealkylation sites (tertiary alicyclic amines) is 1. The van der Waals surface area contributed by atoms with Crippen LogP contribution in [0.15, 0.2) is 78.3 Å². The quantitative estimate of drug-likeness (QED) is 0.485. The van der Waals surface area contributed by atoms with Crippen LogP contribution < -0.4 is 10.1 Å². The lowest BCUT2D eigenvalue weighted by Gasteiger charge is -2.30. The van der Waals surface area contributed by atoms with Gasteiger partial charge in [-0.05, 0) is 80.1 Å². The van der Waals surface area contributed by atoms with Gasteiger partial charge >= 0.3 is 0 Å². The van der Waals surface area contributed by atoms with E-state index < -0.39 is 0 Å². The molecule has 2 saturated heterocycles. The Morgan fingerprint density at radius 2 is 1.73 bits per heavy atom. The summed E-state index contributed by atoms with van der Waals surface area (Å²) in [7, 11) is 0. The second-order valence-electron chi connectivity index (χ2n) is 10.2. The number of allylic oxidation sites excluding steroid dienone is 2. The van der Waals surface area contributed by atoms with Crippen LogP contribution in [0.1, 0.15) is 36.8 Å². The van der Waals surface area contributed by atoms with Crippen molar-refractivity contribution >= 4 is 5.91 Å². The van der Waals surface area contributed by atoms with Crippen molar-refractivity contribution in [2.45, 2.75) is 44.6 Å². The van der Waals surface area contributed by atoms with Crippen LogP contribution in [0, 0.1) is 5.92 Å². The largest absolute Gasteiger partial charge is 0.493 e. The highest BCUT2D eigenvalue weighted by Gasteiger charge is 2.26. The highest BCUT2D eigenvalue weighted by molar-refractivity contribution is 5.78. The molecule has 0 radical (unpaired) electrons. The number of nitrogens with zero attached hydrogens (tertiary/aromatic N) is 1. The Kier molecular flexibility index (Phi) is 8.80. The summed E-state index contributed by atoms with van der Waals surface area (Å²) in [5.74, 6) is 2.97. The number of hydrogen-bond donors (Lipinski definition) is 1. The minimum absolute atomic E-state index is 0.0684. The Morgan fingerprint density at radius 3 is 2.51 bits per heavy atom. The average molecular weight is 503 g/mol.